The second kappa shape index (κ2) is 5.19. The quantitative estimate of drug-likeness (QED) is 0.584. The summed E-state index contributed by atoms with van der Waals surface area (Å²) in [7, 11) is 0. The van der Waals surface area contributed by atoms with Gasteiger partial charge in [0.15, 0.2) is 5.78 Å². The fourth-order valence-electron chi connectivity index (χ4n) is 1.81. The number of hydrogen-bond acceptors (Lipinski definition) is 3. The van der Waals surface area contributed by atoms with Gasteiger partial charge in [0.1, 0.15) is 5.70 Å². The van der Waals surface area contributed by atoms with Gasteiger partial charge in [-0.25, -0.2) is 4.79 Å². The molecule has 1 atom stereocenters. The van der Waals surface area contributed by atoms with Crippen LogP contribution in [0.25, 0.3) is 0 Å². The average molecular weight is 225 g/mol. The van der Waals surface area contributed by atoms with Crippen molar-refractivity contribution in [1.29, 1.82) is 0 Å². The molecule has 0 heterocycles. The molecule has 0 spiro atoms. The molecule has 0 saturated heterocycles. The molecule has 1 aromatic rings. The van der Waals surface area contributed by atoms with Crippen molar-refractivity contribution in [1.82, 2.24) is 0 Å². The highest BCUT2D eigenvalue weighted by Crippen LogP contribution is 2.19. The number of nitrogens with zero attached hydrogens (tertiary/aromatic N) is 1. The SMILES string of the molecule is O=C=NC1=CC=CC(Cc2ccccc2)C1=O. The second-order valence-corrected chi connectivity index (χ2v) is 3.80. The van der Waals surface area contributed by atoms with Crippen molar-refractivity contribution in [3.05, 3.63) is 59.8 Å². The fraction of sp³-hybridized carbons (Fsp3) is 0.143. The van der Waals surface area contributed by atoms with Crippen molar-refractivity contribution in [2.24, 2.45) is 10.9 Å². The molecule has 17 heavy (non-hydrogen) atoms. The first kappa shape index (κ1) is 11.2. The lowest BCUT2D eigenvalue weighted by Crippen LogP contribution is -2.18. The zero-order chi connectivity index (χ0) is 12.1. The summed E-state index contributed by atoms with van der Waals surface area (Å²) in [4.78, 5) is 25.5. The number of carbonyl (C=O) groups excluding carboxylic acids is 2. The Balaban J connectivity index is 2.15. The molecule has 0 aliphatic heterocycles. The van der Waals surface area contributed by atoms with Crippen LogP contribution in [0.2, 0.25) is 0 Å². The zero-order valence-corrected chi connectivity index (χ0v) is 9.17. The van der Waals surface area contributed by atoms with E-state index in [-0.39, 0.29) is 17.4 Å². The maximum absolute atomic E-state index is 11.9. The van der Waals surface area contributed by atoms with E-state index in [2.05, 4.69) is 4.99 Å². The number of carbonyl (C=O) groups is 1. The molecule has 2 rings (SSSR count). The maximum atomic E-state index is 11.9. The van der Waals surface area contributed by atoms with Crippen LogP contribution in [0.1, 0.15) is 5.56 Å². The number of benzene rings is 1. The maximum Gasteiger partial charge on any atom is 0.240 e. The van der Waals surface area contributed by atoms with Crippen LogP contribution in [0, 0.1) is 5.92 Å². The predicted molar refractivity (Wildman–Crippen MR) is 64.0 cm³/mol. The average Bonchev–Trinajstić information content (AvgIpc) is 2.36. The summed E-state index contributed by atoms with van der Waals surface area (Å²) in [6, 6.07) is 9.76. The lowest BCUT2D eigenvalue weighted by Gasteiger charge is -2.14. The highest BCUT2D eigenvalue weighted by molar-refractivity contribution is 6.00. The van der Waals surface area contributed by atoms with E-state index >= 15 is 0 Å². The van der Waals surface area contributed by atoms with Crippen LogP contribution >= 0.6 is 0 Å². The molecular formula is C14H11NO2. The molecule has 0 saturated carbocycles. The van der Waals surface area contributed by atoms with E-state index in [1.165, 1.54) is 12.2 Å². The van der Waals surface area contributed by atoms with Crippen LogP contribution in [0.3, 0.4) is 0 Å². The Labute approximate surface area is 99.2 Å². The van der Waals surface area contributed by atoms with Gasteiger partial charge in [-0.15, -0.1) is 0 Å². The van der Waals surface area contributed by atoms with Gasteiger partial charge < -0.3 is 0 Å². The van der Waals surface area contributed by atoms with Gasteiger partial charge in [-0.1, -0.05) is 42.5 Å². The van der Waals surface area contributed by atoms with E-state index in [4.69, 9.17) is 0 Å². The summed E-state index contributed by atoms with van der Waals surface area (Å²) in [5, 5.41) is 0. The Morgan fingerprint density at radius 2 is 2.00 bits per heavy atom. The monoisotopic (exact) mass is 225 g/mol. The van der Waals surface area contributed by atoms with Crippen molar-refractivity contribution in [2.75, 3.05) is 0 Å². The topological polar surface area (TPSA) is 46.5 Å². The van der Waals surface area contributed by atoms with Crippen molar-refractivity contribution in [3.63, 3.8) is 0 Å². The number of isocyanates is 1. The zero-order valence-electron chi connectivity index (χ0n) is 9.17. The minimum Gasteiger partial charge on any atom is -0.292 e. The predicted octanol–water partition coefficient (Wildman–Crippen LogP) is 2.20. The second-order valence-electron chi connectivity index (χ2n) is 3.80. The Morgan fingerprint density at radius 1 is 1.24 bits per heavy atom. The molecule has 1 aromatic carbocycles. The number of aliphatic imine (C=N–C) groups is 1. The molecule has 3 nitrogen and oxygen atoms in total. The fourth-order valence-corrected chi connectivity index (χ4v) is 1.81. The van der Waals surface area contributed by atoms with Gasteiger partial charge in [0, 0.05) is 5.92 Å². The van der Waals surface area contributed by atoms with E-state index in [1.807, 2.05) is 36.4 Å². The summed E-state index contributed by atoms with van der Waals surface area (Å²) in [6.07, 6.45) is 7.16. The highest BCUT2D eigenvalue weighted by Gasteiger charge is 2.22. The summed E-state index contributed by atoms with van der Waals surface area (Å²) >= 11 is 0. The molecule has 3 heteroatoms. The van der Waals surface area contributed by atoms with Crippen molar-refractivity contribution in [3.8, 4) is 0 Å². The molecule has 1 aliphatic rings. The molecule has 0 fully saturated rings. The number of Topliss-reactive ketones (excluding diaryl/α,β-unsaturated/α-hetero) is 1. The van der Waals surface area contributed by atoms with Crippen LogP contribution in [0.5, 0.6) is 0 Å². The van der Waals surface area contributed by atoms with Crippen molar-refractivity contribution < 1.29 is 9.59 Å². The van der Waals surface area contributed by atoms with E-state index in [9.17, 15) is 9.59 Å². The third kappa shape index (κ3) is 2.65. The van der Waals surface area contributed by atoms with Crippen molar-refractivity contribution in [2.45, 2.75) is 6.42 Å². The normalized spacial score (nSPS) is 18.5. The first-order valence-electron chi connectivity index (χ1n) is 5.36. The van der Waals surface area contributed by atoms with Crippen LogP contribution < -0.4 is 0 Å². The van der Waals surface area contributed by atoms with Gasteiger partial charge in [0.25, 0.3) is 0 Å². The summed E-state index contributed by atoms with van der Waals surface area (Å²) in [5.74, 6) is -0.366. The van der Waals surface area contributed by atoms with E-state index in [0.29, 0.717) is 6.42 Å². The largest absolute Gasteiger partial charge is 0.292 e. The first-order valence-corrected chi connectivity index (χ1v) is 5.36. The lowest BCUT2D eigenvalue weighted by atomic mass is 9.90. The molecule has 0 N–H and O–H groups in total. The lowest BCUT2D eigenvalue weighted by molar-refractivity contribution is -0.118. The molecular weight excluding hydrogens is 214 g/mol. The highest BCUT2D eigenvalue weighted by atomic mass is 16.1. The standard InChI is InChI=1S/C14H11NO2/c16-10-15-13-8-4-7-12(14(13)17)9-11-5-2-1-3-6-11/h1-8,12H,9H2. The van der Waals surface area contributed by atoms with Crippen LogP contribution in [-0.4, -0.2) is 11.9 Å². The van der Waals surface area contributed by atoms with Crippen LogP contribution in [-0.2, 0) is 16.0 Å². The Morgan fingerprint density at radius 3 is 2.71 bits per heavy atom. The Kier molecular flexibility index (Phi) is 3.43. The molecule has 0 amide bonds. The van der Waals surface area contributed by atoms with E-state index < -0.39 is 0 Å². The Hall–Kier alpha value is -2.25. The van der Waals surface area contributed by atoms with Crippen molar-refractivity contribution >= 4 is 11.9 Å². The third-order valence-electron chi connectivity index (χ3n) is 2.65. The smallest absolute Gasteiger partial charge is 0.240 e. The van der Waals surface area contributed by atoms with E-state index in [1.54, 1.807) is 6.08 Å². The summed E-state index contributed by atoms with van der Waals surface area (Å²) in [6.45, 7) is 0. The van der Waals surface area contributed by atoms with Gasteiger partial charge in [-0.2, -0.15) is 4.99 Å². The molecule has 1 aliphatic carbocycles. The number of rotatable bonds is 3. The third-order valence-corrected chi connectivity index (χ3v) is 2.65. The molecule has 0 radical (unpaired) electrons. The molecule has 84 valence electrons. The van der Waals surface area contributed by atoms with Gasteiger partial charge in [0.05, 0.1) is 0 Å². The molecule has 0 bridgehead atoms. The van der Waals surface area contributed by atoms with Gasteiger partial charge >= 0.3 is 0 Å². The summed E-state index contributed by atoms with van der Waals surface area (Å²) < 4.78 is 0. The van der Waals surface area contributed by atoms with Crippen LogP contribution in [0.15, 0.2) is 59.2 Å². The molecule has 0 aromatic heterocycles. The van der Waals surface area contributed by atoms with Gasteiger partial charge in [-0.05, 0) is 18.1 Å². The van der Waals surface area contributed by atoms with Gasteiger partial charge in [0.2, 0.25) is 6.08 Å². The number of hydrogen-bond donors (Lipinski definition) is 0. The molecule has 1 unspecified atom stereocenters. The Bertz CT molecular complexity index is 522. The number of ketones is 1. The minimum absolute atomic E-state index is 0.125. The van der Waals surface area contributed by atoms with Crippen LogP contribution in [0.4, 0.5) is 0 Å². The first-order chi connectivity index (χ1) is 8.31. The summed E-state index contributed by atoms with van der Waals surface area (Å²) in [5.41, 5.74) is 1.27. The number of allylic oxidation sites excluding steroid dienone is 4. The van der Waals surface area contributed by atoms with Gasteiger partial charge in [-0.3, -0.25) is 4.79 Å². The minimum atomic E-state index is -0.241. The van der Waals surface area contributed by atoms with E-state index in [0.717, 1.165) is 5.56 Å².